The number of amides is 3. The number of nitrogens with zero attached hydrogens (tertiary/aromatic N) is 2. The van der Waals surface area contributed by atoms with E-state index in [1.807, 2.05) is 25.0 Å². The van der Waals surface area contributed by atoms with Crippen LogP contribution in [0.2, 0.25) is 5.02 Å². The third kappa shape index (κ3) is 7.09. The fourth-order valence-electron chi connectivity index (χ4n) is 3.45. The minimum atomic E-state index is -0.778. The van der Waals surface area contributed by atoms with E-state index in [2.05, 4.69) is 10.6 Å². The summed E-state index contributed by atoms with van der Waals surface area (Å²) in [6.07, 6.45) is 3.62. The van der Waals surface area contributed by atoms with Gasteiger partial charge in [0.15, 0.2) is 0 Å². The lowest BCUT2D eigenvalue weighted by Crippen LogP contribution is -2.53. The summed E-state index contributed by atoms with van der Waals surface area (Å²) in [5, 5.41) is 16.7. The first-order chi connectivity index (χ1) is 15.1. The van der Waals surface area contributed by atoms with Gasteiger partial charge >= 0.3 is 0 Å². The Kier molecular flexibility index (Phi) is 9.77. The summed E-state index contributed by atoms with van der Waals surface area (Å²) in [5.41, 5.74) is -0.310. The molecule has 2 rings (SSSR count). The number of nitrogens with one attached hydrogen (secondary N) is 2. The first kappa shape index (κ1) is 25.9. The highest BCUT2D eigenvalue weighted by Gasteiger charge is 2.28. The molecule has 0 saturated carbocycles. The average molecular weight is 485 g/mol. The van der Waals surface area contributed by atoms with Gasteiger partial charge in [-0.25, -0.2) is 0 Å². The molecule has 0 aromatic heterocycles. The van der Waals surface area contributed by atoms with E-state index in [-0.39, 0.29) is 40.0 Å². The Morgan fingerprint density at radius 1 is 1.28 bits per heavy atom. The molecule has 32 heavy (non-hydrogen) atoms. The van der Waals surface area contributed by atoms with E-state index in [4.69, 9.17) is 11.6 Å². The summed E-state index contributed by atoms with van der Waals surface area (Å²) in [6, 6.07) is 2.92. The molecule has 11 heteroatoms. The van der Waals surface area contributed by atoms with Crippen LogP contribution in [-0.2, 0) is 9.59 Å². The Bertz CT molecular complexity index is 859. The molecule has 9 nitrogen and oxygen atoms in total. The quantitative estimate of drug-likeness (QED) is 0.410. The molecular formula is C21H29ClN4O5S. The zero-order chi connectivity index (χ0) is 23.8. The summed E-state index contributed by atoms with van der Waals surface area (Å²) >= 11 is 7.36. The number of thioether (sulfide) groups is 1. The Balaban J connectivity index is 2.01. The van der Waals surface area contributed by atoms with E-state index in [9.17, 15) is 24.5 Å². The second kappa shape index (κ2) is 12.1. The van der Waals surface area contributed by atoms with Gasteiger partial charge in [-0.05, 0) is 43.4 Å². The van der Waals surface area contributed by atoms with Crippen LogP contribution in [-0.4, -0.2) is 64.7 Å². The topological polar surface area (TPSA) is 122 Å². The molecule has 1 aromatic carbocycles. The minimum Gasteiger partial charge on any atom is -0.351 e. The maximum atomic E-state index is 12.9. The van der Waals surface area contributed by atoms with E-state index < -0.39 is 16.9 Å². The second-order valence-electron chi connectivity index (χ2n) is 7.99. The van der Waals surface area contributed by atoms with Crippen molar-refractivity contribution in [2.45, 2.75) is 45.2 Å². The van der Waals surface area contributed by atoms with Crippen LogP contribution >= 0.6 is 23.4 Å². The molecule has 2 N–H and O–H groups in total. The Labute approximate surface area is 196 Å². The van der Waals surface area contributed by atoms with E-state index in [0.717, 1.165) is 6.07 Å². The van der Waals surface area contributed by atoms with Crippen LogP contribution in [0.3, 0.4) is 0 Å². The van der Waals surface area contributed by atoms with E-state index >= 15 is 0 Å². The largest absolute Gasteiger partial charge is 0.351 e. The predicted molar refractivity (Wildman–Crippen MR) is 125 cm³/mol. The summed E-state index contributed by atoms with van der Waals surface area (Å²) < 4.78 is 0. The normalized spacial score (nSPS) is 15.3. The highest BCUT2D eigenvalue weighted by Crippen LogP contribution is 2.25. The van der Waals surface area contributed by atoms with Crippen molar-refractivity contribution >= 4 is 46.8 Å². The molecule has 1 heterocycles. The van der Waals surface area contributed by atoms with Crippen LogP contribution in [0.25, 0.3) is 0 Å². The van der Waals surface area contributed by atoms with Crippen molar-refractivity contribution < 1.29 is 19.3 Å². The average Bonchev–Trinajstić information content (AvgIpc) is 2.76. The first-order valence-electron chi connectivity index (χ1n) is 10.5. The maximum Gasteiger partial charge on any atom is 0.288 e. The summed E-state index contributed by atoms with van der Waals surface area (Å²) in [5.74, 6) is -0.179. The van der Waals surface area contributed by atoms with Crippen LogP contribution in [0.4, 0.5) is 5.69 Å². The van der Waals surface area contributed by atoms with Crippen molar-refractivity contribution in [1.29, 1.82) is 0 Å². The zero-order valence-corrected chi connectivity index (χ0v) is 20.0. The molecule has 0 radical (unpaired) electrons. The van der Waals surface area contributed by atoms with Gasteiger partial charge in [0.25, 0.3) is 11.6 Å². The number of likely N-dealkylation sites (tertiary alicyclic amines) is 1. The number of carbonyl (C=O) groups is 3. The van der Waals surface area contributed by atoms with Crippen molar-refractivity contribution in [2.75, 3.05) is 25.1 Å². The number of carbonyl (C=O) groups excluding carboxylic acids is 3. The molecule has 1 aliphatic rings. The molecule has 0 spiro atoms. The third-order valence-electron chi connectivity index (χ3n) is 5.28. The van der Waals surface area contributed by atoms with Gasteiger partial charge in [-0.15, -0.1) is 0 Å². The van der Waals surface area contributed by atoms with Crippen molar-refractivity contribution in [3.8, 4) is 0 Å². The lowest BCUT2D eigenvalue weighted by molar-refractivity contribution is -0.384. The molecule has 1 atom stereocenters. The van der Waals surface area contributed by atoms with Gasteiger partial charge in [-0.1, -0.05) is 25.4 Å². The number of nitro benzene ring substituents is 1. The molecule has 1 fully saturated rings. The standard InChI is InChI=1S/C21H29ClN4O5S/c1-13(2)21(29)25-9-6-15(7-10-25)23-20(28)17(8-11-32-3)24-19(27)14-4-5-16(22)18(12-14)26(30)31/h4-5,12-13,15,17H,6-11H2,1-3H3,(H,23,28)(H,24,27). The predicted octanol–water partition coefficient (Wildman–Crippen LogP) is 2.86. The minimum absolute atomic E-state index is 0.0588. The number of piperidine rings is 1. The maximum absolute atomic E-state index is 12.9. The SMILES string of the molecule is CSCCC(NC(=O)c1ccc(Cl)c([N+](=O)[O-])c1)C(=O)NC1CCN(C(=O)C(C)C)CC1. The fraction of sp³-hybridized carbons (Fsp3) is 0.571. The molecule has 0 aliphatic carbocycles. The number of hydrogen-bond acceptors (Lipinski definition) is 6. The van der Waals surface area contributed by atoms with Crippen molar-refractivity contribution in [2.24, 2.45) is 5.92 Å². The van der Waals surface area contributed by atoms with E-state index in [0.29, 0.717) is 38.1 Å². The molecule has 1 aromatic rings. The van der Waals surface area contributed by atoms with E-state index in [1.165, 1.54) is 12.1 Å². The van der Waals surface area contributed by atoms with Crippen molar-refractivity contribution in [1.82, 2.24) is 15.5 Å². The van der Waals surface area contributed by atoms with Crippen LogP contribution in [0, 0.1) is 16.0 Å². The smallest absolute Gasteiger partial charge is 0.288 e. The second-order valence-corrected chi connectivity index (χ2v) is 9.39. The number of nitro groups is 1. The summed E-state index contributed by atoms with van der Waals surface area (Å²) in [4.78, 5) is 49.9. The number of rotatable bonds is 9. The van der Waals surface area contributed by atoms with Crippen LogP contribution in [0.5, 0.6) is 0 Å². The van der Waals surface area contributed by atoms with Gasteiger partial charge in [0.05, 0.1) is 4.92 Å². The van der Waals surface area contributed by atoms with Gasteiger partial charge in [0.2, 0.25) is 11.8 Å². The molecular weight excluding hydrogens is 456 g/mol. The highest BCUT2D eigenvalue weighted by atomic mass is 35.5. The highest BCUT2D eigenvalue weighted by molar-refractivity contribution is 7.98. The van der Waals surface area contributed by atoms with E-state index in [1.54, 1.807) is 11.8 Å². The van der Waals surface area contributed by atoms with Gasteiger partial charge < -0.3 is 15.5 Å². The monoisotopic (exact) mass is 484 g/mol. The van der Waals surface area contributed by atoms with Crippen LogP contribution in [0.15, 0.2) is 18.2 Å². The Morgan fingerprint density at radius 2 is 1.94 bits per heavy atom. The molecule has 1 aliphatic heterocycles. The zero-order valence-electron chi connectivity index (χ0n) is 18.4. The lowest BCUT2D eigenvalue weighted by atomic mass is 10.0. The molecule has 0 bridgehead atoms. The lowest BCUT2D eigenvalue weighted by Gasteiger charge is -2.34. The van der Waals surface area contributed by atoms with Crippen molar-refractivity contribution in [3.05, 3.63) is 38.9 Å². The number of benzene rings is 1. The number of hydrogen-bond donors (Lipinski definition) is 2. The first-order valence-corrected chi connectivity index (χ1v) is 12.2. The Morgan fingerprint density at radius 3 is 2.50 bits per heavy atom. The van der Waals surface area contributed by atoms with Crippen LogP contribution < -0.4 is 10.6 Å². The summed E-state index contributed by atoms with van der Waals surface area (Å²) in [6.45, 7) is 4.89. The number of halogens is 1. The molecule has 3 amide bonds. The van der Waals surface area contributed by atoms with Gasteiger partial charge in [-0.2, -0.15) is 11.8 Å². The van der Waals surface area contributed by atoms with Gasteiger partial charge in [0, 0.05) is 36.7 Å². The third-order valence-corrected chi connectivity index (χ3v) is 6.25. The molecule has 176 valence electrons. The summed E-state index contributed by atoms with van der Waals surface area (Å²) in [7, 11) is 0. The van der Waals surface area contributed by atoms with Crippen molar-refractivity contribution in [3.63, 3.8) is 0 Å². The Hall–Kier alpha value is -2.33. The van der Waals surface area contributed by atoms with Crippen LogP contribution in [0.1, 0.15) is 43.5 Å². The fourth-order valence-corrected chi connectivity index (χ4v) is 4.11. The van der Waals surface area contributed by atoms with Gasteiger partial charge in [0.1, 0.15) is 11.1 Å². The molecule has 1 unspecified atom stereocenters. The molecule has 1 saturated heterocycles. The van der Waals surface area contributed by atoms with Gasteiger partial charge in [-0.3, -0.25) is 24.5 Å².